The number of allylic oxidation sites excluding steroid dienone is 2. The number of dihydropyridines is 1. The summed E-state index contributed by atoms with van der Waals surface area (Å²) in [4.78, 5) is 30.1. The summed E-state index contributed by atoms with van der Waals surface area (Å²) >= 11 is 0. The van der Waals surface area contributed by atoms with Gasteiger partial charge in [0, 0.05) is 43.6 Å². The Bertz CT molecular complexity index is 1350. The molecule has 0 spiro atoms. The average Bonchev–Trinajstić information content (AvgIpc) is 3.44. The molecule has 0 aliphatic carbocycles. The van der Waals surface area contributed by atoms with Crippen LogP contribution >= 0.6 is 0 Å². The quantitative estimate of drug-likeness (QED) is 0.384. The Labute approximate surface area is 257 Å². The monoisotopic (exact) mass is 588 g/mol. The van der Waals surface area contributed by atoms with Gasteiger partial charge in [0.15, 0.2) is 5.69 Å². The normalized spacial score (nSPS) is 16.9. The maximum Gasteiger partial charge on any atom is 0.273 e. The number of aromatic nitrogens is 2. The second-order valence-corrected chi connectivity index (χ2v) is 10.8. The molecule has 9 heteroatoms. The summed E-state index contributed by atoms with van der Waals surface area (Å²) < 4.78 is 7.33. The topological polar surface area (TPSA) is 91.7 Å². The van der Waals surface area contributed by atoms with Gasteiger partial charge < -0.3 is 25.2 Å². The van der Waals surface area contributed by atoms with E-state index < -0.39 is 6.17 Å². The van der Waals surface area contributed by atoms with Crippen molar-refractivity contribution < 1.29 is 14.3 Å². The lowest BCUT2D eigenvalue weighted by molar-refractivity contribution is -0.128. The zero-order chi connectivity index (χ0) is 31.4. The van der Waals surface area contributed by atoms with Gasteiger partial charge in [-0.05, 0) is 56.3 Å². The molecule has 232 valence electrons. The molecule has 1 aromatic heterocycles. The minimum atomic E-state index is -0.453. The molecule has 2 aliphatic rings. The van der Waals surface area contributed by atoms with Crippen LogP contribution in [0.15, 0.2) is 66.9 Å². The van der Waals surface area contributed by atoms with E-state index in [0.29, 0.717) is 24.4 Å². The molecular weight excluding hydrogens is 540 g/mol. The zero-order valence-corrected chi connectivity index (χ0v) is 26.7. The van der Waals surface area contributed by atoms with Crippen LogP contribution < -0.4 is 15.4 Å². The van der Waals surface area contributed by atoms with E-state index in [4.69, 9.17) is 9.84 Å². The summed E-state index contributed by atoms with van der Waals surface area (Å²) in [5.41, 5.74) is 4.55. The molecule has 0 bridgehead atoms. The first-order valence-corrected chi connectivity index (χ1v) is 15.3. The highest BCUT2D eigenvalue weighted by Gasteiger charge is 2.24. The van der Waals surface area contributed by atoms with E-state index in [9.17, 15) is 9.59 Å². The summed E-state index contributed by atoms with van der Waals surface area (Å²) in [7, 11) is 3.71. The SMILES string of the molecule is C=C/C=C(/c1ccc(C)c(OC)c1)n1nc(C(=O)NC2C=CC(C(=O)N3CCN(C)CC3)=CN2)cc1CCC.CCCC. The molecular formula is C34H48N6O3. The van der Waals surface area contributed by atoms with Crippen molar-refractivity contribution in [2.45, 2.75) is 59.5 Å². The lowest BCUT2D eigenvalue weighted by Gasteiger charge is -2.33. The van der Waals surface area contributed by atoms with Crippen LogP contribution in [0.25, 0.3) is 5.70 Å². The molecule has 0 saturated carbocycles. The molecule has 1 saturated heterocycles. The van der Waals surface area contributed by atoms with Gasteiger partial charge in [0.1, 0.15) is 11.9 Å². The second kappa shape index (κ2) is 16.5. The van der Waals surface area contributed by atoms with Crippen molar-refractivity contribution >= 4 is 17.5 Å². The largest absolute Gasteiger partial charge is 0.496 e. The van der Waals surface area contributed by atoms with E-state index in [-0.39, 0.29) is 11.8 Å². The molecule has 1 fully saturated rings. The fourth-order valence-corrected chi connectivity index (χ4v) is 4.67. The number of nitrogens with zero attached hydrogens (tertiary/aromatic N) is 4. The Morgan fingerprint density at radius 3 is 2.42 bits per heavy atom. The number of ether oxygens (including phenoxy) is 1. The maximum absolute atomic E-state index is 13.2. The molecule has 2 aliphatic heterocycles. The van der Waals surface area contributed by atoms with E-state index >= 15 is 0 Å². The number of likely N-dealkylation sites (N-methyl/N-ethyl adjacent to an activating group) is 1. The van der Waals surface area contributed by atoms with E-state index in [1.54, 1.807) is 36.2 Å². The minimum absolute atomic E-state index is 0.00570. The predicted octanol–water partition coefficient (Wildman–Crippen LogP) is 4.91. The third kappa shape index (κ3) is 8.94. The zero-order valence-electron chi connectivity index (χ0n) is 26.7. The van der Waals surface area contributed by atoms with E-state index in [2.05, 4.69) is 49.9 Å². The molecule has 1 atom stereocenters. The predicted molar refractivity (Wildman–Crippen MR) is 174 cm³/mol. The Balaban J connectivity index is 0.00000119. The summed E-state index contributed by atoms with van der Waals surface area (Å²) in [6.07, 6.45) is 12.6. The van der Waals surface area contributed by atoms with Crippen LogP contribution in [0, 0.1) is 6.92 Å². The van der Waals surface area contributed by atoms with Crippen molar-refractivity contribution in [1.29, 1.82) is 0 Å². The number of benzene rings is 1. The van der Waals surface area contributed by atoms with Crippen LogP contribution in [-0.2, 0) is 11.2 Å². The highest BCUT2D eigenvalue weighted by molar-refractivity contribution is 5.97. The van der Waals surface area contributed by atoms with Gasteiger partial charge in [-0.3, -0.25) is 9.59 Å². The number of methoxy groups -OCH3 is 1. The first-order valence-electron chi connectivity index (χ1n) is 15.3. The van der Waals surface area contributed by atoms with Crippen molar-refractivity contribution in [2.24, 2.45) is 0 Å². The molecule has 0 radical (unpaired) electrons. The summed E-state index contributed by atoms with van der Waals surface area (Å²) in [5.74, 6) is 0.460. The molecule has 4 rings (SSSR count). The second-order valence-electron chi connectivity index (χ2n) is 10.8. The molecule has 3 heterocycles. The van der Waals surface area contributed by atoms with Crippen LogP contribution in [-0.4, -0.2) is 77.9 Å². The van der Waals surface area contributed by atoms with Gasteiger partial charge in [0.25, 0.3) is 11.8 Å². The molecule has 2 amide bonds. The fraction of sp³-hybridized carbons (Fsp3) is 0.441. The maximum atomic E-state index is 13.2. The highest BCUT2D eigenvalue weighted by Crippen LogP contribution is 2.27. The fourth-order valence-electron chi connectivity index (χ4n) is 4.67. The number of amides is 2. The average molecular weight is 589 g/mol. The number of nitrogens with one attached hydrogen (secondary N) is 2. The van der Waals surface area contributed by atoms with Crippen LogP contribution in [0.1, 0.15) is 67.3 Å². The smallest absolute Gasteiger partial charge is 0.273 e. The van der Waals surface area contributed by atoms with Crippen LogP contribution in [0.2, 0.25) is 0 Å². The molecule has 2 aromatic rings. The van der Waals surface area contributed by atoms with Crippen LogP contribution in [0.3, 0.4) is 0 Å². The van der Waals surface area contributed by atoms with Crippen LogP contribution in [0.4, 0.5) is 0 Å². The Morgan fingerprint density at radius 2 is 1.84 bits per heavy atom. The van der Waals surface area contributed by atoms with E-state index in [0.717, 1.165) is 54.2 Å². The molecule has 43 heavy (non-hydrogen) atoms. The summed E-state index contributed by atoms with van der Waals surface area (Å²) in [6.45, 7) is 15.5. The lowest BCUT2D eigenvalue weighted by Crippen LogP contribution is -2.48. The number of piperazine rings is 1. The first kappa shape index (κ1) is 33.4. The Morgan fingerprint density at radius 1 is 1.12 bits per heavy atom. The van der Waals surface area contributed by atoms with Crippen molar-refractivity contribution in [3.8, 4) is 5.75 Å². The number of rotatable bonds is 10. The van der Waals surface area contributed by atoms with Crippen LogP contribution in [0.5, 0.6) is 5.75 Å². The highest BCUT2D eigenvalue weighted by atomic mass is 16.5. The third-order valence-electron chi connectivity index (χ3n) is 7.44. The minimum Gasteiger partial charge on any atom is -0.496 e. The van der Waals surface area contributed by atoms with Crippen molar-refractivity contribution in [2.75, 3.05) is 40.3 Å². The number of carbonyl (C=O) groups is 2. The van der Waals surface area contributed by atoms with Gasteiger partial charge in [-0.2, -0.15) is 5.10 Å². The van der Waals surface area contributed by atoms with E-state index in [1.807, 2.05) is 42.2 Å². The van der Waals surface area contributed by atoms with Gasteiger partial charge in [-0.15, -0.1) is 0 Å². The van der Waals surface area contributed by atoms with Gasteiger partial charge in [0.05, 0.1) is 18.4 Å². The molecule has 9 nitrogen and oxygen atoms in total. The number of carbonyl (C=O) groups excluding carboxylic acids is 2. The molecule has 1 aromatic carbocycles. The van der Waals surface area contributed by atoms with Gasteiger partial charge >= 0.3 is 0 Å². The molecule has 2 N–H and O–H groups in total. The standard InChI is InChI=1S/C30H38N6O3.C4H10/c1-6-8-24-19-25(33-36(24)26(9-7-2)22-11-10-21(3)27(18-22)39-5)29(37)32-28-13-12-23(20-31-28)30(38)35-16-14-34(4)15-17-35;1-3-4-2/h7,9-13,18-20,28,31H,2,6,8,14-17H2,1,3-5H3,(H,32,37);3-4H2,1-2H3/b26-9-;. The Hall–Kier alpha value is -4.11. The van der Waals surface area contributed by atoms with Crippen molar-refractivity contribution in [1.82, 2.24) is 30.2 Å². The summed E-state index contributed by atoms with van der Waals surface area (Å²) in [6, 6.07) is 7.80. The number of unbranched alkanes of at least 4 members (excludes halogenated alkanes) is 1. The lowest BCUT2D eigenvalue weighted by atomic mass is 10.1. The molecule has 1 unspecified atom stereocenters. The van der Waals surface area contributed by atoms with Crippen molar-refractivity contribution in [3.05, 3.63) is 89.4 Å². The van der Waals surface area contributed by atoms with Gasteiger partial charge in [0.2, 0.25) is 0 Å². The van der Waals surface area contributed by atoms with E-state index in [1.165, 1.54) is 12.8 Å². The van der Waals surface area contributed by atoms with Gasteiger partial charge in [-0.25, -0.2) is 4.68 Å². The van der Waals surface area contributed by atoms with Crippen molar-refractivity contribution in [3.63, 3.8) is 0 Å². The Kier molecular flexibility index (Phi) is 12.8. The first-order chi connectivity index (χ1) is 20.8. The number of aryl methyl sites for hydroxylation is 2. The summed E-state index contributed by atoms with van der Waals surface area (Å²) in [5, 5.41) is 10.8. The third-order valence-corrected chi connectivity index (χ3v) is 7.44. The number of hydrogen-bond donors (Lipinski definition) is 2. The van der Waals surface area contributed by atoms with Gasteiger partial charge in [-0.1, -0.05) is 64.8 Å². The number of hydrogen-bond acceptors (Lipinski definition) is 6.